The van der Waals surface area contributed by atoms with E-state index in [1.165, 1.54) is 11.8 Å². The van der Waals surface area contributed by atoms with Crippen molar-refractivity contribution in [1.29, 1.82) is 0 Å². The van der Waals surface area contributed by atoms with Crippen molar-refractivity contribution < 1.29 is 33.3 Å². The predicted molar refractivity (Wildman–Crippen MR) is 135 cm³/mol. The second-order valence-electron chi connectivity index (χ2n) is 7.94. The maximum absolute atomic E-state index is 13.0. The normalized spacial score (nSPS) is 21.2. The van der Waals surface area contributed by atoms with E-state index in [-0.39, 0.29) is 6.61 Å². The number of ether oxygens (including phenoxy) is 4. The summed E-state index contributed by atoms with van der Waals surface area (Å²) < 4.78 is 23.4. The Hall–Kier alpha value is -3.62. The van der Waals surface area contributed by atoms with Gasteiger partial charge in [-0.1, -0.05) is 61.5 Å². The van der Waals surface area contributed by atoms with Crippen molar-refractivity contribution in [1.82, 2.24) is 0 Å². The van der Waals surface area contributed by atoms with Crippen molar-refractivity contribution in [2.75, 3.05) is 12.4 Å². The zero-order valence-corrected chi connectivity index (χ0v) is 20.5. The molecule has 0 aromatic heterocycles. The van der Waals surface area contributed by atoms with Gasteiger partial charge in [-0.25, -0.2) is 14.4 Å². The molecule has 3 aromatic rings. The molecule has 1 heterocycles. The van der Waals surface area contributed by atoms with Crippen LogP contribution in [-0.4, -0.2) is 54.0 Å². The van der Waals surface area contributed by atoms with E-state index in [9.17, 15) is 14.4 Å². The summed E-state index contributed by atoms with van der Waals surface area (Å²) in [5.74, 6) is -1.15. The molecule has 0 amide bonds. The predicted octanol–water partition coefficient (Wildman–Crippen LogP) is 4.77. The van der Waals surface area contributed by atoms with E-state index in [0.29, 0.717) is 22.4 Å². The molecule has 186 valence electrons. The summed E-state index contributed by atoms with van der Waals surface area (Å²) >= 11 is 1.41. The molecular formula is C28H26O7S. The lowest BCUT2D eigenvalue weighted by molar-refractivity contribution is -0.167. The molecule has 1 aliphatic heterocycles. The molecule has 0 aliphatic carbocycles. The lowest BCUT2D eigenvalue weighted by Crippen LogP contribution is -2.56. The summed E-state index contributed by atoms with van der Waals surface area (Å²) in [6.07, 6.45) is -3.10. The van der Waals surface area contributed by atoms with Crippen LogP contribution < -0.4 is 0 Å². The van der Waals surface area contributed by atoms with Crippen LogP contribution in [0.25, 0.3) is 0 Å². The molecule has 36 heavy (non-hydrogen) atoms. The van der Waals surface area contributed by atoms with E-state index in [1.807, 2.05) is 6.92 Å². The molecule has 4 atom stereocenters. The first-order valence-corrected chi connectivity index (χ1v) is 12.6. The lowest BCUT2D eigenvalue weighted by Gasteiger charge is -2.40. The van der Waals surface area contributed by atoms with Gasteiger partial charge in [0.15, 0.2) is 18.3 Å². The zero-order chi connectivity index (χ0) is 25.3. The SMILES string of the molecule is CCSC1OCC(OC(=O)c2ccccc2)C(OC(=O)c2ccccc2)C1OC(=O)c1ccccc1. The first-order valence-electron chi connectivity index (χ1n) is 11.6. The molecule has 0 saturated carbocycles. The van der Waals surface area contributed by atoms with Gasteiger partial charge in [-0.3, -0.25) is 0 Å². The Labute approximate surface area is 213 Å². The quantitative estimate of drug-likeness (QED) is 0.319. The van der Waals surface area contributed by atoms with Crippen molar-refractivity contribution >= 4 is 29.7 Å². The van der Waals surface area contributed by atoms with Gasteiger partial charge in [0.1, 0.15) is 5.44 Å². The monoisotopic (exact) mass is 506 g/mol. The summed E-state index contributed by atoms with van der Waals surface area (Å²) in [6, 6.07) is 25.4. The number of thioether (sulfide) groups is 1. The van der Waals surface area contributed by atoms with Gasteiger partial charge in [0.25, 0.3) is 0 Å². The molecule has 0 bridgehead atoms. The van der Waals surface area contributed by atoms with Crippen molar-refractivity contribution in [2.45, 2.75) is 30.7 Å². The number of carbonyl (C=O) groups excluding carboxylic acids is 3. The fourth-order valence-electron chi connectivity index (χ4n) is 3.73. The Morgan fingerprint density at radius 2 is 1.11 bits per heavy atom. The average molecular weight is 507 g/mol. The Balaban J connectivity index is 1.63. The molecule has 0 N–H and O–H groups in total. The lowest BCUT2D eigenvalue weighted by atomic mass is 10.0. The minimum atomic E-state index is -1.09. The number of benzene rings is 3. The number of hydrogen-bond acceptors (Lipinski definition) is 8. The van der Waals surface area contributed by atoms with Crippen LogP contribution >= 0.6 is 11.8 Å². The number of esters is 3. The topological polar surface area (TPSA) is 88.1 Å². The van der Waals surface area contributed by atoms with E-state index < -0.39 is 41.7 Å². The van der Waals surface area contributed by atoms with Crippen LogP contribution in [0.3, 0.4) is 0 Å². The highest BCUT2D eigenvalue weighted by Gasteiger charge is 2.48. The second kappa shape index (κ2) is 12.4. The minimum absolute atomic E-state index is 0.0254. The minimum Gasteiger partial charge on any atom is -0.452 e. The third kappa shape index (κ3) is 6.33. The van der Waals surface area contributed by atoms with Crippen LogP contribution in [0.5, 0.6) is 0 Å². The summed E-state index contributed by atoms with van der Waals surface area (Å²) in [4.78, 5) is 38.8. The van der Waals surface area contributed by atoms with E-state index in [1.54, 1.807) is 91.0 Å². The number of carbonyl (C=O) groups is 3. The molecule has 7 nitrogen and oxygen atoms in total. The highest BCUT2D eigenvalue weighted by Crippen LogP contribution is 2.32. The zero-order valence-electron chi connectivity index (χ0n) is 19.6. The van der Waals surface area contributed by atoms with Crippen molar-refractivity contribution in [2.24, 2.45) is 0 Å². The van der Waals surface area contributed by atoms with E-state index >= 15 is 0 Å². The maximum Gasteiger partial charge on any atom is 0.338 e. The standard InChI is InChI=1S/C28H26O7S/c1-2-36-28-24(35-27(31)21-16-10-5-11-17-21)23(34-26(30)20-14-8-4-9-15-20)22(18-32-28)33-25(29)19-12-6-3-7-13-19/h3-17,22-24,28H,2,18H2,1H3. The third-order valence-electron chi connectivity index (χ3n) is 5.49. The molecule has 0 spiro atoms. The van der Waals surface area contributed by atoms with Crippen LogP contribution in [0, 0.1) is 0 Å². The molecule has 3 aromatic carbocycles. The maximum atomic E-state index is 13.0. The fraction of sp³-hybridized carbons (Fsp3) is 0.250. The molecule has 1 saturated heterocycles. The number of rotatable bonds is 8. The highest BCUT2D eigenvalue weighted by atomic mass is 32.2. The molecule has 8 heteroatoms. The second-order valence-corrected chi connectivity index (χ2v) is 9.31. The average Bonchev–Trinajstić information content (AvgIpc) is 2.93. The van der Waals surface area contributed by atoms with Gasteiger partial charge in [-0.15, -0.1) is 11.8 Å². The van der Waals surface area contributed by atoms with Gasteiger partial charge in [0, 0.05) is 0 Å². The Morgan fingerprint density at radius 3 is 1.56 bits per heavy atom. The van der Waals surface area contributed by atoms with Gasteiger partial charge in [0.2, 0.25) is 0 Å². The van der Waals surface area contributed by atoms with E-state index in [2.05, 4.69) is 0 Å². The van der Waals surface area contributed by atoms with Crippen LogP contribution in [0.15, 0.2) is 91.0 Å². The summed E-state index contributed by atoms with van der Waals surface area (Å²) in [5, 5.41) is 0. The van der Waals surface area contributed by atoms with E-state index in [0.717, 1.165) is 0 Å². The van der Waals surface area contributed by atoms with Crippen LogP contribution in [0.2, 0.25) is 0 Å². The molecular weight excluding hydrogens is 480 g/mol. The van der Waals surface area contributed by atoms with Crippen molar-refractivity contribution in [3.63, 3.8) is 0 Å². The molecule has 0 radical (unpaired) electrons. The first kappa shape index (κ1) is 25.5. The fourth-order valence-corrected chi connectivity index (χ4v) is 4.63. The summed E-state index contributed by atoms with van der Waals surface area (Å²) in [5.41, 5.74) is 0.385. The summed E-state index contributed by atoms with van der Waals surface area (Å²) in [6.45, 7) is 1.92. The smallest absolute Gasteiger partial charge is 0.338 e. The van der Waals surface area contributed by atoms with Crippen molar-refractivity contribution in [3.05, 3.63) is 108 Å². The van der Waals surface area contributed by atoms with Crippen LogP contribution in [0.4, 0.5) is 0 Å². The Bertz CT molecular complexity index is 1150. The molecule has 4 unspecified atom stereocenters. The van der Waals surface area contributed by atoms with Gasteiger partial charge < -0.3 is 18.9 Å². The van der Waals surface area contributed by atoms with Gasteiger partial charge in [-0.2, -0.15) is 0 Å². The largest absolute Gasteiger partial charge is 0.452 e. The Kier molecular flexibility index (Phi) is 8.76. The first-order chi connectivity index (χ1) is 17.6. The van der Waals surface area contributed by atoms with Crippen LogP contribution in [-0.2, 0) is 18.9 Å². The van der Waals surface area contributed by atoms with Gasteiger partial charge in [-0.05, 0) is 42.2 Å². The third-order valence-corrected chi connectivity index (χ3v) is 6.55. The summed E-state index contributed by atoms with van der Waals surface area (Å²) in [7, 11) is 0. The van der Waals surface area contributed by atoms with Gasteiger partial charge in [0.05, 0.1) is 23.3 Å². The van der Waals surface area contributed by atoms with Gasteiger partial charge >= 0.3 is 17.9 Å². The Morgan fingerprint density at radius 1 is 0.694 bits per heavy atom. The molecule has 1 aliphatic rings. The van der Waals surface area contributed by atoms with Crippen molar-refractivity contribution in [3.8, 4) is 0 Å². The molecule has 4 rings (SSSR count). The highest BCUT2D eigenvalue weighted by molar-refractivity contribution is 7.99. The molecule has 1 fully saturated rings. The van der Waals surface area contributed by atoms with Crippen LogP contribution in [0.1, 0.15) is 38.0 Å². The van der Waals surface area contributed by atoms with E-state index in [4.69, 9.17) is 18.9 Å². The number of hydrogen-bond donors (Lipinski definition) is 0.